The molecule has 0 radical (unpaired) electrons. The van der Waals surface area contributed by atoms with Crippen molar-refractivity contribution in [2.24, 2.45) is 10.9 Å². The van der Waals surface area contributed by atoms with Gasteiger partial charge < -0.3 is 14.9 Å². The van der Waals surface area contributed by atoms with E-state index in [-0.39, 0.29) is 42.3 Å². The fourth-order valence-electron chi connectivity index (χ4n) is 5.78. The summed E-state index contributed by atoms with van der Waals surface area (Å²) in [6.45, 7) is 5.13. The number of imidazole rings is 1. The number of benzene rings is 2. The highest BCUT2D eigenvalue weighted by Gasteiger charge is 2.34. The van der Waals surface area contributed by atoms with Gasteiger partial charge in [-0.1, -0.05) is 6.07 Å². The van der Waals surface area contributed by atoms with Gasteiger partial charge >= 0.3 is 0 Å². The van der Waals surface area contributed by atoms with Gasteiger partial charge in [0.2, 0.25) is 11.5 Å². The van der Waals surface area contributed by atoms with E-state index < -0.39 is 17.6 Å². The van der Waals surface area contributed by atoms with Gasteiger partial charge in [-0.2, -0.15) is 4.99 Å². The van der Waals surface area contributed by atoms with Crippen molar-refractivity contribution in [1.29, 1.82) is 0 Å². The van der Waals surface area contributed by atoms with Crippen LogP contribution in [-0.2, 0) is 11.3 Å². The zero-order chi connectivity index (χ0) is 28.4. The maximum atomic E-state index is 13.7. The van der Waals surface area contributed by atoms with Gasteiger partial charge in [0.1, 0.15) is 5.82 Å². The van der Waals surface area contributed by atoms with Crippen LogP contribution < -0.4 is 10.9 Å². The van der Waals surface area contributed by atoms with Crippen LogP contribution in [0, 0.1) is 11.7 Å². The highest BCUT2D eigenvalue weighted by Crippen LogP contribution is 2.34. The topological polar surface area (TPSA) is 82.5 Å². The lowest BCUT2D eigenvalue weighted by molar-refractivity contribution is -0.126. The summed E-state index contributed by atoms with van der Waals surface area (Å²) in [6.07, 6.45) is 2.65. The third-order valence-electron chi connectivity index (χ3n) is 7.95. The molecule has 7 nitrogen and oxygen atoms in total. The van der Waals surface area contributed by atoms with Gasteiger partial charge in [0.05, 0.1) is 11.0 Å². The van der Waals surface area contributed by atoms with Crippen molar-refractivity contribution in [3.05, 3.63) is 65.0 Å². The van der Waals surface area contributed by atoms with Gasteiger partial charge in [-0.05, 0) is 81.5 Å². The summed E-state index contributed by atoms with van der Waals surface area (Å²) in [5, 5.41) is 3.01. The van der Waals surface area contributed by atoms with Crippen LogP contribution in [0.25, 0.3) is 11.0 Å². The number of carbonyl (C=O) groups is 2. The molecule has 2 amide bonds. The Balaban J connectivity index is 1.46. The van der Waals surface area contributed by atoms with E-state index in [2.05, 4.69) is 15.3 Å². The zero-order valence-corrected chi connectivity index (χ0v) is 22.9. The summed E-state index contributed by atoms with van der Waals surface area (Å²) in [4.78, 5) is 35.4. The van der Waals surface area contributed by atoms with Gasteiger partial charge in [0.15, 0.2) is 0 Å². The number of amides is 2. The number of H-pyrrole nitrogens is 1. The molecular weight excluding hydrogens is 519 g/mol. The summed E-state index contributed by atoms with van der Waals surface area (Å²) in [7, 11) is 0. The lowest BCUT2D eigenvalue weighted by Gasteiger charge is -2.31. The molecule has 2 N–H and O–H groups in total. The first-order valence-electron chi connectivity index (χ1n) is 14.1. The van der Waals surface area contributed by atoms with Crippen molar-refractivity contribution in [1.82, 2.24) is 19.8 Å². The number of piperidine rings is 1. The van der Waals surface area contributed by atoms with Crippen molar-refractivity contribution < 1.29 is 22.8 Å². The Kier molecular flexibility index (Phi) is 8.16. The molecule has 5 rings (SSSR count). The van der Waals surface area contributed by atoms with Crippen LogP contribution in [0.1, 0.15) is 74.3 Å². The first kappa shape index (κ1) is 28.1. The summed E-state index contributed by atoms with van der Waals surface area (Å²) in [6, 6.07) is 11.3. The monoisotopic (exact) mass is 555 g/mol. The molecule has 2 aromatic carbocycles. The molecule has 1 aromatic heterocycles. The van der Waals surface area contributed by atoms with Crippen LogP contribution in [0.15, 0.2) is 47.5 Å². The second-order valence-electron chi connectivity index (χ2n) is 11.4. The summed E-state index contributed by atoms with van der Waals surface area (Å²) < 4.78 is 42.8. The van der Waals surface area contributed by atoms with E-state index in [4.69, 9.17) is 0 Å². The molecule has 214 valence electrons. The van der Waals surface area contributed by atoms with E-state index in [9.17, 15) is 22.8 Å². The Morgan fingerprint density at radius 1 is 1.05 bits per heavy atom. The first-order chi connectivity index (χ1) is 19.1. The fourth-order valence-corrected chi connectivity index (χ4v) is 5.78. The normalized spacial score (nSPS) is 22.1. The number of carbonyl (C=O) groups excluding carboxylic acids is 2. The van der Waals surface area contributed by atoms with E-state index in [0.717, 1.165) is 42.3 Å². The van der Waals surface area contributed by atoms with Crippen molar-refractivity contribution in [3.8, 4) is 0 Å². The average molecular weight is 556 g/mol. The summed E-state index contributed by atoms with van der Waals surface area (Å²) in [5.74, 6) is -3.50. The second kappa shape index (κ2) is 11.6. The molecule has 0 unspecified atom stereocenters. The zero-order valence-electron chi connectivity index (χ0n) is 22.9. The van der Waals surface area contributed by atoms with Crippen molar-refractivity contribution in [3.63, 3.8) is 0 Å². The maximum Gasteiger partial charge on any atom is 0.280 e. The molecule has 1 aliphatic heterocycles. The van der Waals surface area contributed by atoms with E-state index in [1.807, 2.05) is 41.5 Å². The van der Waals surface area contributed by atoms with E-state index >= 15 is 0 Å². The lowest BCUT2D eigenvalue weighted by Crippen LogP contribution is -2.38. The number of hydrogen-bond acceptors (Lipinski definition) is 3. The number of aromatic amines is 1. The van der Waals surface area contributed by atoms with Crippen molar-refractivity contribution >= 4 is 22.8 Å². The fraction of sp³-hybridized carbons (Fsp3) is 0.500. The van der Waals surface area contributed by atoms with Crippen LogP contribution in [0.2, 0.25) is 0 Å². The molecule has 0 spiro atoms. The number of nitrogens with zero attached hydrogens (tertiary/aromatic N) is 3. The maximum absolute atomic E-state index is 13.7. The minimum atomic E-state index is -2.59. The van der Waals surface area contributed by atoms with Crippen LogP contribution in [0.5, 0.6) is 0 Å². The number of nitrogens with one attached hydrogen (secondary N) is 2. The number of rotatable bonds is 6. The molecule has 1 aliphatic carbocycles. The highest BCUT2D eigenvalue weighted by atomic mass is 19.3. The van der Waals surface area contributed by atoms with E-state index in [1.165, 1.54) is 24.3 Å². The SMILES string of the molecule is CC(C)NC(=O)C1CCC(n2/c(=N\C(=O)c3ccc(F)cc3)[nH]c3ccc(CN4CCC(F)(F)CC4)cc32)CC1. The van der Waals surface area contributed by atoms with Gasteiger partial charge in [-0.25, -0.2) is 13.2 Å². The number of aromatic nitrogens is 2. The molecule has 40 heavy (non-hydrogen) atoms. The Hall–Kier alpha value is -3.40. The van der Waals surface area contributed by atoms with Gasteiger partial charge in [0.25, 0.3) is 11.8 Å². The lowest BCUT2D eigenvalue weighted by atomic mass is 9.85. The number of fused-ring (bicyclic) bond motifs is 1. The quantitative estimate of drug-likeness (QED) is 0.431. The Bertz CT molecular complexity index is 1430. The Labute approximate surface area is 231 Å². The summed E-state index contributed by atoms with van der Waals surface area (Å²) >= 11 is 0. The number of alkyl halides is 2. The molecule has 10 heteroatoms. The number of hydrogen-bond donors (Lipinski definition) is 2. The van der Waals surface area contributed by atoms with E-state index in [1.54, 1.807) is 0 Å². The van der Waals surface area contributed by atoms with Crippen LogP contribution in [0.4, 0.5) is 13.2 Å². The minimum Gasteiger partial charge on any atom is -0.354 e. The van der Waals surface area contributed by atoms with Crippen LogP contribution in [-0.4, -0.2) is 51.3 Å². The molecule has 1 saturated heterocycles. The third kappa shape index (κ3) is 6.49. The molecule has 1 saturated carbocycles. The average Bonchev–Trinajstić information content (AvgIpc) is 3.27. The Morgan fingerprint density at radius 2 is 1.73 bits per heavy atom. The van der Waals surface area contributed by atoms with Crippen molar-refractivity contribution in [2.45, 2.75) is 76.9 Å². The molecule has 2 heterocycles. The Morgan fingerprint density at radius 3 is 2.38 bits per heavy atom. The summed E-state index contributed by atoms with van der Waals surface area (Å²) in [5.41, 5.74) is 3.35. The largest absolute Gasteiger partial charge is 0.354 e. The second-order valence-corrected chi connectivity index (χ2v) is 11.4. The first-order valence-corrected chi connectivity index (χ1v) is 14.1. The molecular formula is C30H36F3N5O2. The molecule has 3 aromatic rings. The van der Waals surface area contributed by atoms with Gasteiger partial charge in [-0.15, -0.1) is 0 Å². The predicted molar refractivity (Wildman–Crippen MR) is 146 cm³/mol. The van der Waals surface area contributed by atoms with Crippen LogP contribution >= 0.6 is 0 Å². The highest BCUT2D eigenvalue weighted by molar-refractivity contribution is 5.95. The third-order valence-corrected chi connectivity index (χ3v) is 7.95. The molecule has 0 bridgehead atoms. The smallest absolute Gasteiger partial charge is 0.280 e. The van der Waals surface area contributed by atoms with Crippen molar-refractivity contribution in [2.75, 3.05) is 13.1 Å². The molecule has 0 atom stereocenters. The van der Waals surface area contributed by atoms with Crippen LogP contribution in [0.3, 0.4) is 0 Å². The van der Waals surface area contributed by atoms with Gasteiger partial charge in [-0.3, -0.25) is 14.5 Å². The molecule has 2 fully saturated rings. The van der Waals surface area contributed by atoms with Gasteiger partial charge in [0, 0.05) is 56.0 Å². The van der Waals surface area contributed by atoms with E-state index in [0.29, 0.717) is 25.3 Å². The standard InChI is InChI=1S/C30H36F3N5O2/c1-19(2)34-27(39)22-6-10-24(11-7-22)38-26-17-20(18-37-15-13-30(32,33)14-16-37)3-12-25(26)35-29(38)36-28(40)21-4-8-23(31)9-5-21/h3-5,8-9,12,17,19,22,24H,6-7,10-11,13-16,18H2,1-2H3,(H,34,39)(H,35,36,40). The number of halogens is 3. The predicted octanol–water partition coefficient (Wildman–Crippen LogP) is 5.34. The minimum absolute atomic E-state index is 0.0144. The molecule has 2 aliphatic rings. The number of likely N-dealkylation sites (tertiary alicyclic amines) is 1.